The number of anilines is 1. The molecular weight excluding hydrogens is 396 g/mol. The molecule has 1 atom stereocenters. The number of benzene rings is 2. The van der Waals surface area contributed by atoms with Crippen LogP contribution >= 0.6 is 0 Å². The summed E-state index contributed by atoms with van der Waals surface area (Å²) >= 11 is 0. The van der Waals surface area contributed by atoms with Gasteiger partial charge in [-0.25, -0.2) is 9.97 Å². The fourth-order valence-electron chi connectivity index (χ4n) is 3.37. The van der Waals surface area contributed by atoms with E-state index >= 15 is 0 Å². The van der Waals surface area contributed by atoms with Crippen molar-refractivity contribution in [2.45, 2.75) is 32.3 Å². The van der Waals surface area contributed by atoms with Crippen LogP contribution in [0, 0.1) is 0 Å². The molecule has 1 aliphatic carbocycles. The summed E-state index contributed by atoms with van der Waals surface area (Å²) in [5.74, 6) is 0.411. The van der Waals surface area contributed by atoms with Crippen LogP contribution < -0.4 is 20.5 Å². The van der Waals surface area contributed by atoms with E-state index < -0.39 is 17.9 Å². The van der Waals surface area contributed by atoms with Crippen molar-refractivity contribution < 1.29 is 19.1 Å². The van der Waals surface area contributed by atoms with Gasteiger partial charge in [-0.15, -0.1) is 0 Å². The van der Waals surface area contributed by atoms with Crippen molar-refractivity contribution >= 4 is 17.5 Å². The highest BCUT2D eigenvalue weighted by molar-refractivity contribution is 6.03. The van der Waals surface area contributed by atoms with Crippen LogP contribution in [0.1, 0.15) is 35.0 Å². The number of nitrogens with zero attached hydrogens (tertiary/aromatic N) is 2. The zero-order chi connectivity index (χ0) is 21.8. The summed E-state index contributed by atoms with van der Waals surface area (Å²) in [4.78, 5) is 31.7. The fraction of sp³-hybridized carbons (Fsp3) is 0.217. The van der Waals surface area contributed by atoms with Crippen molar-refractivity contribution in [3.8, 4) is 17.2 Å². The molecule has 2 amide bonds. The van der Waals surface area contributed by atoms with Gasteiger partial charge >= 0.3 is 0 Å². The smallest absolute Gasteiger partial charge is 0.274 e. The van der Waals surface area contributed by atoms with Gasteiger partial charge in [-0.3, -0.25) is 9.59 Å². The van der Waals surface area contributed by atoms with Gasteiger partial charge in [0, 0.05) is 12.3 Å². The number of carbonyl (C=O) groups excluding carboxylic acids is 2. The van der Waals surface area contributed by atoms with E-state index in [0.29, 0.717) is 17.2 Å². The van der Waals surface area contributed by atoms with Crippen LogP contribution in [0.2, 0.25) is 0 Å². The lowest BCUT2D eigenvalue weighted by Gasteiger charge is -2.17. The van der Waals surface area contributed by atoms with Crippen LogP contribution in [0.5, 0.6) is 17.2 Å². The van der Waals surface area contributed by atoms with E-state index in [4.69, 9.17) is 15.2 Å². The molecule has 158 valence electrons. The summed E-state index contributed by atoms with van der Waals surface area (Å²) in [6, 6.07) is 12.5. The number of nitrogens with two attached hydrogens (primary N) is 1. The molecule has 0 saturated carbocycles. The molecule has 3 aromatic rings. The number of carbonyl (C=O) groups is 2. The first-order valence-corrected chi connectivity index (χ1v) is 9.96. The summed E-state index contributed by atoms with van der Waals surface area (Å²) in [6.45, 7) is 1.53. The predicted molar refractivity (Wildman–Crippen MR) is 114 cm³/mol. The number of rotatable bonds is 7. The zero-order valence-electron chi connectivity index (χ0n) is 17.0. The Kier molecular flexibility index (Phi) is 5.79. The summed E-state index contributed by atoms with van der Waals surface area (Å²) < 4.78 is 11.7. The van der Waals surface area contributed by atoms with Gasteiger partial charge in [0.15, 0.2) is 6.10 Å². The van der Waals surface area contributed by atoms with Crippen molar-refractivity contribution in [2.24, 2.45) is 5.73 Å². The number of primary amides is 1. The summed E-state index contributed by atoms with van der Waals surface area (Å²) in [6.07, 6.45) is 5.16. The monoisotopic (exact) mass is 418 g/mol. The second-order valence-corrected chi connectivity index (χ2v) is 7.26. The highest BCUT2D eigenvalue weighted by Crippen LogP contribution is 2.34. The third-order valence-corrected chi connectivity index (χ3v) is 5.03. The molecule has 0 radical (unpaired) electrons. The molecule has 4 rings (SSSR count). The van der Waals surface area contributed by atoms with Crippen LogP contribution in [-0.4, -0.2) is 27.9 Å². The third kappa shape index (κ3) is 4.80. The number of ether oxygens (including phenoxy) is 2. The van der Waals surface area contributed by atoms with Crippen LogP contribution in [0.25, 0.3) is 0 Å². The van der Waals surface area contributed by atoms with Crippen LogP contribution in [0.4, 0.5) is 5.69 Å². The quantitative estimate of drug-likeness (QED) is 0.608. The Morgan fingerprint density at radius 2 is 1.84 bits per heavy atom. The zero-order valence-corrected chi connectivity index (χ0v) is 17.0. The molecular formula is C23H22N4O4. The Hall–Kier alpha value is -3.94. The molecule has 0 spiro atoms. The van der Waals surface area contributed by atoms with E-state index in [2.05, 4.69) is 21.4 Å². The lowest BCUT2D eigenvalue weighted by molar-refractivity contribution is -0.123. The van der Waals surface area contributed by atoms with Crippen LogP contribution in [-0.2, 0) is 17.6 Å². The molecule has 0 aliphatic heterocycles. The highest BCUT2D eigenvalue weighted by Gasteiger charge is 2.18. The van der Waals surface area contributed by atoms with Crippen molar-refractivity contribution in [3.05, 3.63) is 71.8 Å². The average Bonchev–Trinajstić information content (AvgIpc) is 3.24. The van der Waals surface area contributed by atoms with Crippen molar-refractivity contribution in [1.29, 1.82) is 0 Å². The number of aryl methyl sites for hydroxylation is 2. The molecule has 1 aliphatic rings. The third-order valence-electron chi connectivity index (χ3n) is 5.03. The SMILES string of the molecule is C[C@H](Oc1cc(Oc2ccc3c(c2)CCC3)ccc1NC(=O)c1ccncn1)C(N)=O. The van der Waals surface area contributed by atoms with Gasteiger partial charge in [0.1, 0.15) is 29.3 Å². The first-order chi connectivity index (χ1) is 15.0. The average molecular weight is 418 g/mol. The molecule has 8 nitrogen and oxygen atoms in total. The van der Waals surface area contributed by atoms with Crippen molar-refractivity contribution in [2.75, 3.05) is 5.32 Å². The maximum absolute atomic E-state index is 12.5. The van der Waals surface area contributed by atoms with Gasteiger partial charge in [-0.1, -0.05) is 6.07 Å². The van der Waals surface area contributed by atoms with Gasteiger partial charge in [0.25, 0.3) is 11.8 Å². The van der Waals surface area contributed by atoms with Gasteiger partial charge < -0.3 is 20.5 Å². The lowest BCUT2D eigenvalue weighted by atomic mass is 10.1. The molecule has 1 aromatic heterocycles. The molecule has 0 fully saturated rings. The summed E-state index contributed by atoms with van der Waals surface area (Å²) in [5.41, 5.74) is 8.55. The first kappa shape index (κ1) is 20.3. The number of nitrogens with one attached hydrogen (secondary N) is 1. The largest absolute Gasteiger partial charge is 0.479 e. The molecule has 31 heavy (non-hydrogen) atoms. The lowest BCUT2D eigenvalue weighted by Crippen LogP contribution is -2.31. The predicted octanol–water partition coefficient (Wildman–Crippen LogP) is 3.26. The normalized spacial score (nSPS) is 13.2. The topological polar surface area (TPSA) is 116 Å². The van der Waals surface area contributed by atoms with Crippen molar-refractivity contribution in [1.82, 2.24) is 9.97 Å². The Morgan fingerprint density at radius 3 is 2.61 bits per heavy atom. The minimum absolute atomic E-state index is 0.197. The van der Waals surface area contributed by atoms with Gasteiger partial charge in [-0.05, 0) is 67.6 Å². The number of hydrogen-bond donors (Lipinski definition) is 2. The van der Waals surface area contributed by atoms with Gasteiger partial charge in [-0.2, -0.15) is 0 Å². The van der Waals surface area contributed by atoms with Crippen LogP contribution in [0.15, 0.2) is 55.0 Å². The molecule has 0 bridgehead atoms. The molecule has 1 heterocycles. The molecule has 2 aromatic carbocycles. The van der Waals surface area contributed by atoms with Crippen molar-refractivity contribution in [3.63, 3.8) is 0 Å². The standard InChI is InChI=1S/C23H22N4O4/c1-14(22(24)28)30-21-12-18(31-17-6-5-15-3-2-4-16(15)11-17)7-8-19(21)27-23(29)20-9-10-25-13-26-20/h5-14H,2-4H2,1H3,(H2,24,28)(H,27,29)/t14-/m0/s1. The van der Waals surface area contributed by atoms with E-state index in [1.54, 1.807) is 18.2 Å². The fourth-order valence-corrected chi connectivity index (χ4v) is 3.37. The van der Waals surface area contributed by atoms with E-state index in [1.165, 1.54) is 36.6 Å². The second kappa shape index (κ2) is 8.83. The Bertz CT molecular complexity index is 1120. The maximum atomic E-state index is 12.5. The molecule has 3 N–H and O–H groups in total. The summed E-state index contributed by atoms with van der Waals surface area (Å²) in [7, 11) is 0. The van der Waals surface area contributed by atoms with E-state index in [9.17, 15) is 9.59 Å². The molecule has 0 unspecified atom stereocenters. The maximum Gasteiger partial charge on any atom is 0.274 e. The van der Waals surface area contributed by atoms with E-state index in [-0.39, 0.29) is 11.4 Å². The van der Waals surface area contributed by atoms with E-state index in [0.717, 1.165) is 19.3 Å². The Balaban J connectivity index is 1.59. The Labute approximate surface area is 179 Å². The minimum atomic E-state index is -0.898. The minimum Gasteiger partial charge on any atom is -0.479 e. The number of aromatic nitrogens is 2. The number of hydrogen-bond acceptors (Lipinski definition) is 6. The van der Waals surface area contributed by atoms with Crippen LogP contribution in [0.3, 0.4) is 0 Å². The second-order valence-electron chi connectivity index (χ2n) is 7.26. The van der Waals surface area contributed by atoms with E-state index in [1.807, 2.05) is 12.1 Å². The molecule has 8 heteroatoms. The van der Waals surface area contributed by atoms with Gasteiger partial charge in [0.05, 0.1) is 5.69 Å². The first-order valence-electron chi connectivity index (χ1n) is 9.96. The highest BCUT2D eigenvalue weighted by atomic mass is 16.5. The summed E-state index contributed by atoms with van der Waals surface area (Å²) in [5, 5.41) is 2.73. The number of amides is 2. The Morgan fingerprint density at radius 1 is 1.06 bits per heavy atom. The van der Waals surface area contributed by atoms with Gasteiger partial charge in [0.2, 0.25) is 0 Å². The molecule has 0 saturated heterocycles. The number of fused-ring (bicyclic) bond motifs is 1.